The van der Waals surface area contributed by atoms with Crippen molar-refractivity contribution in [2.75, 3.05) is 0 Å². The summed E-state index contributed by atoms with van der Waals surface area (Å²) in [7, 11) is 0. The van der Waals surface area contributed by atoms with Crippen molar-refractivity contribution >= 4 is 22.6 Å². The molecular formula is C16H11ClFN3. The van der Waals surface area contributed by atoms with E-state index in [1.807, 2.05) is 28.8 Å². The number of nitriles is 1. The smallest absolute Gasteiger partial charge is 0.141 e. The van der Waals surface area contributed by atoms with Gasteiger partial charge in [0.15, 0.2) is 0 Å². The van der Waals surface area contributed by atoms with Gasteiger partial charge >= 0.3 is 0 Å². The molecule has 0 aliphatic heterocycles. The molecule has 0 aliphatic carbocycles. The molecule has 0 atom stereocenters. The number of rotatable bonds is 3. The maximum Gasteiger partial charge on any atom is 0.141 e. The molecule has 5 heteroatoms. The van der Waals surface area contributed by atoms with Crippen LogP contribution in [0.25, 0.3) is 11.0 Å². The Bertz CT molecular complexity index is 848. The van der Waals surface area contributed by atoms with Crippen LogP contribution in [0, 0.1) is 17.1 Å². The summed E-state index contributed by atoms with van der Waals surface area (Å²) in [5.74, 6) is 0.257. The van der Waals surface area contributed by atoms with E-state index in [-0.39, 0.29) is 11.4 Å². The highest BCUT2D eigenvalue weighted by Gasteiger charge is 2.11. The predicted molar refractivity (Wildman–Crippen MR) is 79.6 cm³/mol. The zero-order valence-corrected chi connectivity index (χ0v) is 11.8. The van der Waals surface area contributed by atoms with Crippen LogP contribution in [0.3, 0.4) is 0 Å². The molecule has 0 N–H and O–H groups in total. The third kappa shape index (κ3) is 2.61. The second-order valence-electron chi connectivity index (χ2n) is 4.69. The van der Waals surface area contributed by atoms with E-state index >= 15 is 0 Å². The first-order valence-electron chi connectivity index (χ1n) is 6.44. The quantitative estimate of drug-likeness (QED) is 0.735. The Labute approximate surface area is 126 Å². The van der Waals surface area contributed by atoms with Gasteiger partial charge in [-0.1, -0.05) is 29.8 Å². The van der Waals surface area contributed by atoms with Gasteiger partial charge in [-0.3, -0.25) is 0 Å². The lowest BCUT2D eigenvalue weighted by Crippen LogP contribution is -2.05. The van der Waals surface area contributed by atoms with Crippen LogP contribution >= 0.6 is 11.6 Å². The largest absolute Gasteiger partial charge is 0.323 e. The Morgan fingerprint density at radius 2 is 2.05 bits per heavy atom. The van der Waals surface area contributed by atoms with E-state index in [2.05, 4.69) is 11.1 Å². The van der Waals surface area contributed by atoms with Crippen molar-refractivity contribution in [3.63, 3.8) is 0 Å². The summed E-state index contributed by atoms with van der Waals surface area (Å²) in [6.45, 7) is 0.498. The highest BCUT2D eigenvalue weighted by Crippen LogP contribution is 2.21. The molecule has 3 aromatic rings. The second-order valence-corrected chi connectivity index (χ2v) is 5.09. The highest BCUT2D eigenvalue weighted by atomic mass is 35.5. The highest BCUT2D eigenvalue weighted by molar-refractivity contribution is 6.30. The molecule has 3 rings (SSSR count). The maximum absolute atomic E-state index is 13.2. The van der Waals surface area contributed by atoms with E-state index in [0.717, 1.165) is 16.6 Å². The molecule has 0 bridgehead atoms. The van der Waals surface area contributed by atoms with Crippen LogP contribution in [0.5, 0.6) is 0 Å². The summed E-state index contributed by atoms with van der Waals surface area (Å²) in [5.41, 5.74) is 2.66. The van der Waals surface area contributed by atoms with E-state index in [0.29, 0.717) is 12.4 Å². The van der Waals surface area contributed by atoms with Crippen molar-refractivity contribution in [2.45, 2.75) is 13.0 Å². The number of fused-ring (bicyclic) bond motifs is 1. The predicted octanol–water partition coefficient (Wildman–Crippen LogP) is 3.94. The van der Waals surface area contributed by atoms with Crippen molar-refractivity contribution in [3.05, 3.63) is 64.7 Å². The Balaban J connectivity index is 2.08. The first-order chi connectivity index (χ1) is 10.2. The Hall–Kier alpha value is -2.38. The SMILES string of the molecule is N#CCc1nc2ccccc2n1Cc1ccc(F)c(Cl)c1. The summed E-state index contributed by atoms with van der Waals surface area (Å²) in [4.78, 5) is 4.47. The van der Waals surface area contributed by atoms with Crippen LogP contribution in [0.2, 0.25) is 5.02 Å². The van der Waals surface area contributed by atoms with E-state index in [4.69, 9.17) is 16.9 Å². The van der Waals surface area contributed by atoms with Crippen LogP contribution in [0.4, 0.5) is 4.39 Å². The lowest BCUT2D eigenvalue weighted by Gasteiger charge is -2.08. The summed E-state index contributed by atoms with van der Waals surface area (Å²) >= 11 is 5.82. The lowest BCUT2D eigenvalue weighted by atomic mass is 10.2. The van der Waals surface area contributed by atoms with Crippen LogP contribution in [0.15, 0.2) is 42.5 Å². The van der Waals surface area contributed by atoms with Gasteiger partial charge in [0.05, 0.1) is 28.5 Å². The number of nitrogens with zero attached hydrogens (tertiary/aromatic N) is 3. The first kappa shape index (κ1) is 13.6. The second kappa shape index (κ2) is 5.55. The number of halogens is 2. The Morgan fingerprint density at radius 3 is 2.81 bits per heavy atom. The molecule has 1 aromatic heterocycles. The van der Waals surface area contributed by atoms with Crippen molar-refractivity contribution in [3.8, 4) is 6.07 Å². The van der Waals surface area contributed by atoms with Crippen LogP contribution < -0.4 is 0 Å². The average Bonchev–Trinajstić information content (AvgIpc) is 2.81. The van der Waals surface area contributed by atoms with E-state index in [1.54, 1.807) is 12.1 Å². The number of benzene rings is 2. The molecule has 0 radical (unpaired) electrons. The summed E-state index contributed by atoms with van der Waals surface area (Å²) in [5, 5.41) is 9.04. The first-order valence-corrected chi connectivity index (χ1v) is 6.82. The van der Waals surface area contributed by atoms with Crippen molar-refractivity contribution < 1.29 is 4.39 Å². The van der Waals surface area contributed by atoms with Gasteiger partial charge < -0.3 is 4.57 Å². The molecule has 0 amide bonds. The van der Waals surface area contributed by atoms with Gasteiger partial charge in [0, 0.05) is 6.54 Å². The minimum atomic E-state index is -0.437. The van der Waals surface area contributed by atoms with Gasteiger partial charge in [0.2, 0.25) is 0 Å². The fourth-order valence-corrected chi connectivity index (χ4v) is 2.53. The van der Waals surface area contributed by atoms with Gasteiger partial charge in [0.25, 0.3) is 0 Å². The molecule has 0 saturated carbocycles. The maximum atomic E-state index is 13.2. The van der Waals surface area contributed by atoms with Crippen LogP contribution in [-0.4, -0.2) is 9.55 Å². The molecule has 21 heavy (non-hydrogen) atoms. The fourth-order valence-electron chi connectivity index (χ4n) is 2.33. The molecule has 104 valence electrons. The normalized spacial score (nSPS) is 10.7. The van der Waals surface area contributed by atoms with Crippen LogP contribution in [0.1, 0.15) is 11.4 Å². The number of hydrogen-bond acceptors (Lipinski definition) is 2. The number of imidazole rings is 1. The molecule has 1 heterocycles. The van der Waals surface area contributed by atoms with E-state index in [1.165, 1.54) is 6.07 Å². The molecule has 2 aromatic carbocycles. The molecule has 0 unspecified atom stereocenters. The summed E-state index contributed by atoms with van der Waals surface area (Å²) in [6, 6.07) is 14.4. The topological polar surface area (TPSA) is 41.6 Å². The molecule has 0 fully saturated rings. The number of para-hydroxylation sites is 2. The zero-order chi connectivity index (χ0) is 14.8. The third-order valence-corrected chi connectivity index (χ3v) is 3.59. The minimum Gasteiger partial charge on any atom is -0.323 e. The van der Waals surface area contributed by atoms with Gasteiger partial charge in [-0.05, 0) is 29.8 Å². The lowest BCUT2D eigenvalue weighted by molar-refractivity contribution is 0.626. The Kier molecular flexibility index (Phi) is 3.59. The molecular weight excluding hydrogens is 289 g/mol. The third-order valence-electron chi connectivity index (χ3n) is 3.30. The number of hydrogen-bond donors (Lipinski definition) is 0. The van der Waals surface area contributed by atoms with Gasteiger partial charge in [-0.25, -0.2) is 9.37 Å². The van der Waals surface area contributed by atoms with Gasteiger partial charge in [-0.2, -0.15) is 5.26 Å². The minimum absolute atomic E-state index is 0.0961. The molecule has 3 nitrogen and oxygen atoms in total. The van der Waals surface area contributed by atoms with E-state index < -0.39 is 5.82 Å². The standard InChI is InChI=1S/C16H11ClFN3/c17-12-9-11(5-6-13(12)18)10-21-15-4-2-1-3-14(15)20-16(21)7-8-19/h1-6,9H,7,10H2. The fraction of sp³-hybridized carbons (Fsp3) is 0.125. The molecule has 0 saturated heterocycles. The zero-order valence-electron chi connectivity index (χ0n) is 11.1. The average molecular weight is 300 g/mol. The van der Waals surface area contributed by atoms with Gasteiger partial charge in [0.1, 0.15) is 11.6 Å². The summed E-state index contributed by atoms with van der Waals surface area (Å²) in [6.07, 6.45) is 0.226. The van der Waals surface area contributed by atoms with Crippen molar-refractivity contribution in [1.29, 1.82) is 5.26 Å². The Morgan fingerprint density at radius 1 is 1.24 bits per heavy atom. The molecule has 0 aliphatic rings. The van der Waals surface area contributed by atoms with Crippen LogP contribution in [-0.2, 0) is 13.0 Å². The van der Waals surface area contributed by atoms with Crippen molar-refractivity contribution in [1.82, 2.24) is 9.55 Å². The molecule has 0 spiro atoms. The van der Waals surface area contributed by atoms with Crippen molar-refractivity contribution in [2.24, 2.45) is 0 Å². The van der Waals surface area contributed by atoms with Gasteiger partial charge in [-0.15, -0.1) is 0 Å². The van der Waals surface area contributed by atoms with E-state index in [9.17, 15) is 4.39 Å². The number of aromatic nitrogens is 2. The summed E-state index contributed by atoms with van der Waals surface area (Å²) < 4.78 is 15.2. The monoisotopic (exact) mass is 299 g/mol.